The van der Waals surface area contributed by atoms with E-state index in [9.17, 15) is 9.59 Å². The van der Waals surface area contributed by atoms with Crippen LogP contribution in [0.4, 0.5) is 11.5 Å². The fourth-order valence-corrected chi connectivity index (χ4v) is 1.99. The molecule has 2 amide bonds. The Hall–Kier alpha value is -2.63. The third-order valence-electron chi connectivity index (χ3n) is 2.84. The molecule has 0 saturated carbocycles. The van der Waals surface area contributed by atoms with Crippen LogP contribution >= 0.6 is 0 Å². The fourth-order valence-electron chi connectivity index (χ4n) is 1.99. The van der Waals surface area contributed by atoms with E-state index in [-0.39, 0.29) is 11.8 Å². The minimum atomic E-state index is -0.388. The Balaban J connectivity index is 2.12. The summed E-state index contributed by atoms with van der Waals surface area (Å²) in [6, 6.07) is 6.29. The highest BCUT2D eigenvalue weighted by Gasteiger charge is 2.37. The molecule has 6 nitrogen and oxygen atoms in total. The molecule has 18 heavy (non-hydrogen) atoms. The molecular formula is C12H10N4O2. The third kappa shape index (κ3) is 1.32. The van der Waals surface area contributed by atoms with Gasteiger partial charge in [0.1, 0.15) is 0 Å². The van der Waals surface area contributed by atoms with Crippen molar-refractivity contribution in [2.75, 3.05) is 10.6 Å². The van der Waals surface area contributed by atoms with E-state index in [4.69, 9.17) is 5.73 Å². The number of benzene rings is 1. The molecule has 2 heterocycles. The number of anilines is 2. The van der Waals surface area contributed by atoms with Crippen molar-refractivity contribution in [1.29, 1.82) is 0 Å². The summed E-state index contributed by atoms with van der Waals surface area (Å²) in [7, 11) is 1.72. The van der Waals surface area contributed by atoms with Gasteiger partial charge in [0.05, 0.1) is 11.1 Å². The van der Waals surface area contributed by atoms with Gasteiger partial charge in [-0.15, -0.1) is 0 Å². The number of hydrogen-bond acceptors (Lipinski definition) is 4. The molecule has 0 spiro atoms. The largest absolute Gasteiger partial charge is 0.399 e. The Morgan fingerprint density at radius 3 is 2.50 bits per heavy atom. The Morgan fingerprint density at radius 2 is 1.83 bits per heavy atom. The van der Waals surface area contributed by atoms with Gasteiger partial charge in [-0.2, -0.15) is 5.10 Å². The lowest BCUT2D eigenvalue weighted by molar-refractivity contribution is 0.0925. The second-order valence-electron chi connectivity index (χ2n) is 4.10. The summed E-state index contributed by atoms with van der Waals surface area (Å²) in [5.41, 5.74) is 6.77. The van der Waals surface area contributed by atoms with Gasteiger partial charge in [0.2, 0.25) is 0 Å². The Labute approximate surface area is 103 Å². The molecule has 2 aromatic rings. The highest BCUT2D eigenvalue weighted by atomic mass is 16.2. The number of fused-ring (bicyclic) bond motifs is 1. The van der Waals surface area contributed by atoms with Crippen molar-refractivity contribution in [2.24, 2.45) is 7.05 Å². The Morgan fingerprint density at radius 1 is 1.11 bits per heavy atom. The van der Waals surface area contributed by atoms with E-state index in [0.717, 1.165) is 4.90 Å². The van der Waals surface area contributed by atoms with E-state index in [1.165, 1.54) is 10.7 Å². The zero-order valence-corrected chi connectivity index (χ0v) is 9.62. The molecule has 90 valence electrons. The van der Waals surface area contributed by atoms with Gasteiger partial charge in [-0.25, -0.2) is 4.90 Å². The number of hydrogen-bond donors (Lipinski definition) is 1. The molecule has 6 heteroatoms. The number of aromatic nitrogens is 2. The maximum Gasteiger partial charge on any atom is 0.267 e. The maximum absolute atomic E-state index is 12.2. The first-order valence-corrected chi connectivity index (χ1v) is 5.36. The molecule has 2 N–H and O–H groups in total. The van der Waals surface area contributed by atoms with Gasteiger partial charge in [-0.05, 0) is 18.2 Å². The van der Waals surface area contributed by atoms with E-state index >= 15 is 0 Å². The number of imide groups is 1. The lowest BCUT2D eigenvalue weighted by Crippen LogP contribution is -2.29. The topological polar surface area (TPSA) is 81.2 Å². The highest BCUT2D eigenvalue weighted by molar-refractivity contribution is 6.34. The van der Waals surface area contributed by atoms with E-state index in [1.54, 1.807) is 31.4 Å². The van der Waals surface area contributed by atoms with Crippen LogP contribution in [0.2, 0.25) is 0 Å². The van der Waals surface area contributed by atoms with Crippen LogP contribution in [-0.4, -0.2) is 21.6 Å². The van der Waals surface area contributed by atoms with E-state index < -0.39 is 0 Å². The van der Waals surface area contributed by atoms with E-state index in [0.29, 0.717) is 22.6 Å². The summed E-state index contributed by atoms with van der Waals surface area (Å²) in [5, 5.41) is 4.07. The third-order valence-corrected chi connectivity index (χ3v) is 2.84. The Kier molecular flexibility index (Phi) is 2.00. The lowest BCUT2D eigenvalue weighted by atomic mass is 10.1. The van der Waals surface area contributed by atoms with E-state index in [2.05, 4.69) is 5.10 Å². The van der Waals surface area contributed by atoms with Crippen LogP contribution in [0.3, 0.4) is 0 Å². The van der Waals surface area contributed by atoms with Gasteiger partial charge in [-0.1, -0.05) is 0 Å². The standard InChI is InChI=1S/C12H10N4O2/c1-15-5-4-10(14-15)16-11(17)8-3-2-7(13)6-9(8)12(16)18/h2-6H,13H2,1H3. The van der Waals surface area contributed by atoms with Gasteiger partial charge >= 0.3 is 0 Å². The van der Waals surface area contributed by atoms with E-state index in [1.807, 2.05) is 0 Å². The number of amides is 2. The summed E-state index contributed by atoms with van der Waals surface area (Å²) < 4.78 is 1.53. The summed E-state index contributed by atoms with van der Waals surface area (Å²) in [6.45, 7) is 0. The number of aryl methyl sites for hydroxylation is 1. The van der Waals surface area contributed by atoms with Gasteiger partial charge in [0.25, 0.3) is 11.8 Å². The zero-order valence-electron chi connectivity index (χ0n) is 9.62. The predicted octanol–water partition coefficient (Wildman–Crippen LogP) is 0.803. The molecule has 1 aliphatic heterocycles. The van der Waals surface area contributed by atoms with Crippen molar-refractivity contribution < 1.29 is 9.59 Å². The lowest BCUT2D eigenvalue weighted by Gasteiger charge is -2.09. The minimum absolute atomic E-state index is 0.322. The number of nitrogens with zero attached hydrogens (tertiary/aromatic N) is 3. The van der Waals surface area contributed by atoms with Crippen LogP contribution in [0.15, 0.2) is 30.5 Å². The Bertz CT molecular complexity index is 674. The van der Waals surface area contributed by atoms with Crippen molar-refractivity contribution >= 4 is 23.3 Å². The molecule has 0 aliphatic carbocycles. The van der Waals surface area contributed by atoms with Crippen molar-refractivity contribution in [3.8, 4) is 0 Å². The van der Waals surface area contributed by atoms with Gasteiger partial charge in [0.15, 0.2) is 5.82 Å². The number of carbonyl (C=O) groups excluding carboxylic acids is 2. The highest BCUT2D eigenvalue weighted by Crippen LogP contribution is 2.28. The van der Waals surface area contributed by atoms with Crippen LogP contribution in [0.25, 0.3) is 0 Å². The van der Waals surface area contributed by atoms with Crippen LogP contribution < -0.4 is 10.6 Å². The number of nitrogen functional groups attached to an aromatic ring is 1. The zero-order chi connectivity index (χ0) is 12.9. The quantitative estimate of drug-likeness (QED) is 0.592. The van der Waals surface area contributed by atoms with Gasteiger partial charge in [-0.3, -0.25) is 14.3 Å². The molecule has 1 aromatic heterocycles. The molecule has 1 aromatic carbocycles. The molecule has 0 saturated heterocycles. The van der Waals surface area contributed by atoms with Gasteiger partial charge in [0, 0.05) is 25.0 Å². The molecule has 0 radical (unpaired) electrons. The maximum atomic E-state index is 12.2. The number of carbonyl (C=O) groups is 2. The van der Waals surface area contributed by atoms with Crippen molar-refractivity contribution in [3.05, 3.63) is 41.6 Å². The second kappa shape index (κ2) is 3.43. The van der Waals surface area contributed by atoms with Crippen LogP contribution in [0.1, 0.15) is 20.7 Å². The predicted molar refractivity (Wildman–Crippen MR) is 65.2 cm³/mol. The number of nitrogens with two attached hydrogens (primary N) is 1. The second-order valence-corrected chi connectivity index (χ2v) is 4.10. The van der Waals surface area contributed by atoms with Crippen molar-refractivity contribution in [2.45, 2.75) is 0 Å². The van der Waals surface area contributed by atoms with Crippen LogP contribution in [-0.2, 0) is 7.05 Å². The van der Waals surface area contributed by atoms with Crippen LogP contribution in [0.5, 0.6) is 0 Å². The first-order chi connectivity index (χ1) is 8.58. The molecule has 0 unspecified atom stereocenters. The molecule has 1 aliphatic rings. The molecular weight excluding hydrogens is 232 g/mol. The first kappa shape index (κ1) is 10.5. The molecule has 3 rings (SSSR count). The summed E-state index contributed by atoms with van der Waals surface area (Å²) in [6.07, 6.45) is 1.67. The first-order valence-electron chi connectivity index (χ1n) is 5.36. The SMILES string of the molecule is Cn1ccc(N2C(=O)c3ccc(N)cc3C2=O)n1. The van der Waals surface area contributed by atoms with Gasteiger partial charge < -0.3 is 5.73 Å². The van der Waals surface area contributed by atoms with Crippen molar-refractivity contribution in [3.63, 3.8) is 0 Å². The minimum Gasteiger partial charge on any atom is -0.399 e. The smallest absolute Gasteiger partial charge is 0.267 e. The molecule has 0 atom stereocenters. The normalized spacial score (nSPS) is 14.2. The summed E-state index contributed by atoms with van der Waals surface area (Å²) >= 11 is 0. The summed E-state index contributed by atoms with van der Waals surface area (Å²) in [5.74, 6) is -0.433. The van der Waals surface area contributed by atoms with Crippen LogP contribution in [0, 0.1) is 0 Å². The molecule has 0 fully saturated rings. The number of rotatable bonds is 1. The average molecular weight is 242 g/mol. The monoisotopic (exact) mass is 242 g/mol. The molecule has 0 bridgehead atoms. The van der Waals surface area contributed by atoms with Crippen molar-refractivity contribution in [1.82, 2.24) is 9.78 Å². The summed E-state index contributed by atoms with van der Waals surface area (Å²) in [4.78, 5) is 25.4. The average Bonchev–Trinajstić information content (AvgIpc) is 2.84. The fraction of sp³-hybridized carbons (Fsp3) is 0.0833.